The van der Waals surface area contributed by atoms with E-state index in [9.17, 15) is 0 Å². The highest BCUT2D eigenvalue weighted by Crippen LogP contribution is 2.56. The van der Waals surface area contributed by atoms with Crippen molar-refractivity contribution in [1.82, 2.24) is 0 Å². The molecule has 0 aliphatic heterocycles. The van der Waals surface area contributed by atoms with Crippen LogP contribution in [0.5, 0.6) is 0 Å². The second-order valence-electron chi connectivity index (χ2n) is 10.0. The Morgan fingerprint density at radius 2 is 0.634 bits per heavy atom. The van der Waals surface area contributed by atoms with Crippen molar-refractivity contribution in [2.45, 2.75) is 0 Å². The van der Waals surface area contributed by atoms with Gasteiger partial charge >= 0.3 is 0 Å². The number of rotatable bonds is 9. The van der Waals surface area contributed by atoms with Crippen LogP contribution in [0.2, 0.25) is 0 Å². The Hall–Kier alpha value is -4.02. The minimum absolute atomic E-state index is 0.749. The lowest BCUT2D eigenvalue weighted by Crippen LogP contribution is -2.34. The first-order valence-corrected chi connectivity index (χ1v) is 17.9. The number of hydrogen-bond acceptors (Lipinski definition) is 1. The summed E-state index contributed by atoms with van der Waals surface area (Å²) in [5, 5.41) is 8.07. The van der Waals surface area contributed by atoms with Gasteiger partial charge in [-0.1, -0.05) is 146 Å². The van der Waals surface area contributed by atoms with Crippen molar-refractivity contribution in [3.8, 4) is 0 Å². The lowest BCUT2D eigenvalue weighted by molar-refractivity contribution is 1.16. The fourth-order valence-electron chi connectivity index (χ4n) is 5.85. The molecule has 0 aliphatic rings. The Morgan fingerprint density at radius 1 is 0.366 bits per heavy atom. The van der Waals surface area contributed by atoms with Gasteiger partial charge in [0.05, 0.1) is 19.8 Å². The Bertz CT molecular complexity index is 1500. The van der Waals surface area contributed by atoms with Crippen LogP contribution < -0.4 is 31.8 Å². The standard InChI is InChI=1S/C38H34NP2/c1-7-19-33(20-8-1)40(34-21-9-2-10-22-34,35-23-11-3-12-24-35)32-31-39-41(36-25-13-4-14-26-36,37-27-15-5-16-28-37)38-29-17-6-18-30-38/h1-30H,31-32H2/q+1. The predicted octanol–water partition coefficient (Wildman–Crippen LogP) is 7.16. The van der Waals surface area contributed by atoms with E-state index < -0.39 is 14.3 Å². The Balaban J connectivity index is 1.59. The van der Waals surface area contributed by atoms with Crippen molar-refractivity contribution < 1.29 is 0 Å². The second kappa shape index (κ2) is 12.7. The highest BCUT2D eigenvalue weighted by atomic mass is 31.2. The summed E-state index contributed by atoms with van der Waals surface area (Å²) in [6, 6.07) is 66.2. The maximum atomic E-state index is 5.87. The van der Waals surface area contributed by atoms with E-state index in [2.05, 4.69) is 182 Å². The fourth-order valence-corrected chi connectivity index (χ4v) is 13.7. The van der Waals surface area contributed by atoms with E-state index in [0.29, 0.717) is 0 Å². The van der Waals surface area contributed by atoms with Gasteiger partial charge in [0.2, 0.25) is 0 Å². The van der Waals surface area contributed by atoms with Gasteiger partial charge in [0.15, 0.2) is 0 Å². The van der Waals surface area contributed by atoms with Crippen molar-refractivity contribution in [3.63, 3.8) is 0 Å². The third-order valence-electron chi connectivity index (χ3n) is 7.73. The van der Waals surface area contributed by atoms with Gasteiger partial charge in [-0.3, -0.25) is 4.74 Å². The maximum absolute atomic E-state index is 5.87. The third kappa shape index (κ3) is 5.37. The van der Waals surface area contributed by atoms with Gasteiger partial charge in [-0.05, 0) is 36.4 Å². The molecule has 0 aliphatic carbocycles. The molecular weight excluding hydrogens is 532 g/mol. The topological polar surface area (TPSA) is 12.4 Å². The van der Waals surface area contributed by atoms with Crippen molar-refractivity contribution in [2.24, 2.45) is 4.74 Å². The van der Waals surface area contributed by atoms with Crippen LogP contribution in [0.1, 0.15) is 0 Å². The summed E-state index contributed by atoms with van der Waals surface area (Å²) in [6.07, 6.45) is 0.958. The van der Waals surface area contributed by atoms with E-state index in [0.717, 1.165) is 12.7 Å². The van der Waals surface area contributed by atoms with Gasteiger partial charge < -0.3 is 0 Å². The van der Waals surface area contributed by atoms with Gasteiger partial charge in [0.25, 0.3) is 0 Å². The second-order valence-corrected chi connectivity index (χ2v) is 16.8. The molecule has 0 radical (unpaired) electrons. The first-order chi connectivity index (χ1) is 20.3. The quantitative estimate of drug-likeness (QED) is 0.165. The molecule has 0 spiro atoms. The van der Waals surface area contributed by atoms with Crippen LogP contribution in [-0.4, -0.2) is 12.7 Å². The van der Waals surface area contributed by atoms with E-state index in [1.54, 1.807) is 0 Å². The minimum atomic E-state index is -2.27. The highest BCUT2D eigenvalue weighted by Gasteiger charge is 2.45. The third-order valence-corrected chi connectivity index (χ3v) is 15.9. The monoisotopic (exact) mass is 566 g/mol. The molecule has 1 nitrogen and oxygen atoms in total. The number of hydrogen-bond donors (Lipinski definition) is 0. The van der Waals surface area contributed by atoms with E-state index in [4.69, 9.17) is 4.74 Å². The molecule has 0 N–H and O–H groups in total. The van der Waals surface area contributed by atoms with Crippen LogP contribution in [0.3, 0.4) is 0 Å². The van der Waals surface area contributed by atoms with Crippen molar-refractivity contribution >= 4 is 46.1 Å². The number of benzene rings is 6. The number of nitrogens with zero attached hydrogens (tertiary/aromatic N) is 1. The summed E-state index contributed by atoms with van der Waals surface area (Å²) in [6.45, 7) is 0.749. The minimum Gasteiger partial charge on any atom is -0.286 e. The molecule has 200 valence electrons. The molecule has 0 saturated heterocycles. The molecular formula is C38H34NP2+. The molecule has 0 aromatic heterocycles. The molecule has 0 saturated carbocycles. The van der Waals surface area contributed by atoms with Crippen molar-refractivity contribution in [2.75, 3.05) is 12.7 Å². The summed E-state index contributed by atoms with van der Waals surface area (Å²) >= 11 is 0. The van der Waals surface area contributed by atoms with Gasteiger partial charge in [0, 0.05) is 15.9 Å². The summed E-state index contributed by atoms with van der Waals surface area (Å²) in [7, 11) is -4.26. The zero-order valence-electron chi connectivity index (χ0n) is 23.1. The zero-order chi connectivity index (χ0) is 27.8. The molecule has 0 unspecified atom stereocenters. The predicted molar refractivity (Wildman–Crippen MR) is 182 cm³/mol. The maximum Gasteiger partial charge on any atom is 0.113 e. The Labute approximate surface area is 245 Å². The van der Waals surface area contributed by atoms with Gasteiger partial charge in [-0.2, -0.15) is 0 Å². The van der Waals surface area contributed by atoms with Crippen LogP contribution in [-0.2, 0) is 0 Å². The average Bonchev–Trinajstić information content (AvgIpc) is 3.08. The van der Waals surface area contributed by atoms with E-state index in [1.165, 1.54) is 31.8 Å². The highest BCUT2D eigenvalue weighted by molar-refractivity contribution is 7.95. The zero-order valence-corrected chi connectivity index (χ0v) is 24.9. The van der Waals surface area contributed by atoms with E-state index >= 15 is 0 Å². The summed E-state index contributed by atoms with van der Waals surface area (Å²) in [5.41, 5.74) is 0. The molecule has 41 heavy (non-hydrogen) atoms. The normalized spacial score (nSPS) is 11.6. The van der Waals surface area contributed by atoms with Gasteiger partial charge in [-0.15, -0.1) is 0 Å². The summed E-state index contributed by atoms with van der Waals surface area (Å²) in [5.74, 6) is 0. The molecule has 6 aromatic carbocycles. The fraction of sp³-hybridized carbons (Fsp3) is 0.0526. The Kier molecular flexibility index (Phi) is 8.39. The Morgan fingerprint density at radius 3 is 0.927 bits per heavy atom. The molecule has 0 amide bonds. The smallest absolute Gasteiger partial charge is 0.113 e. The first-order valence-electron chi connectivity index (χ1n) is 14.1. The lowest BCUT2D eigenvalue weighted by atomic mass is 10.4. The van der Waals surface area contributed by atoms with Crippen LogP contribution in [0.25, 0.3) is 0 Å². The molecule has 3 heteroatoms. The average molecular weight is 567 g/mol. The van der Waals surface area contributed by atoms with Gasteiger partial charge in [0.1, 0.15) is 23.2 Å². The molecule has 0 bridgehead atoms. The van der Waals surface area contributed by atoms with Crippen molar-refractivity contribution in [1.29, 1.82) is 0 Å². The summed E-state index contributed by atoms with van der Waals surface area (Å²) < 4.78 is 5.87. The molecule has 0 fully saturated rings. The first kappa shape index (κ1) is 27.2. The van der Waals surface area contributed by atoms with Crippen LogP contribution >= 0.6 is 14.3 Å². The largest absolute Gasteiger partial charge is 0.286 e. The summed E-state index contributed by atoms with van der Waals surface area (Å²) in [4.78, 5) is 0. The molecule has 0 atom stereocenters. The van der Waals surface area contributed by atoms with E-state index in [-0.39, 0.29) is 0 Å². The SMILES string of the molecule is c1ccc(P(=NCC[P+](c2ccccc2)(c2ccccc2)c2ccccc2)(c2ccccc2)c2ccccc2)cc1. The molecule has 6 rings (SSSR count). The van der Waals surface area contributed by atoms with Crippen molar-refractivity contribution in [3.05, 3.63) is 182 Å². The molecule has 0 heterocycles. The van der Waals surface area contributed by atoms with Crippen LogP contribution in [0.15, 0.2) is 187 Å². The lowest BCUT2D eigenvalue weighted by Gasteiger charge is -2.30. The van der Waals surface area contributed by atoms with E-state index in [1.807, 2.05) is 0 Å². The van der Waals surface area contributed by atoms with Crippen LogP contribution in [0, 0.1) is 0 Å². The van der Waals surface area contributed by atoms with Crippen LogP contribution in [0.4, 0.5) is 0 Å². The molecule has 6 aromatic rings. The van der Waals surface area contributed by atoms with Gasteiger partial charge in [-0.25, -0.2) is 0 Å².